The van der Waals surface area contributed by atoms with Gasteiger partial charge in [-0.3, -0.25) is 19.8 Å². The molecule has 3 rings (SSSR count). The molecule has 170 valence electrons. The molecule has 2 aromatic rings. The van der Waals surface area contributed by atoms with Crippen LogP contribution in [0.5, 0.6) is 0 Å². The minimum Gasteiger partial charge on any atom is -0.448 e. The number of ether oxygens (including phenoxy) is 2. The lowest BCUT2D eigenvalue weighted by Crippen LogP contribution is -2.50. The van der Waals surface area contributed by atoms with Crippen molar-refractivity contribution < 1.29 is 28.7 Å². The number of thiophene rings is 1. The number of methoxy groups -OCH3 is 1. The molecule has 0 atom stereocenters. The second-order valence-electron chi connectivity index (χ2n) is 7.10. The minimum absolute atomic E-state index is 0.0336. The van der Waals surface area contributed by atoms with Gasteiger partial charge < -0.3 is 14.4 Å². The number of hydrogen-bond acceptors (Lipinski definition) is 7. The lowest BCUT2D eigenvalue weighted by molar-refractivity contribution is 0.0350. The molecule has 1 aromatic heterocycles. The highest BCUT2D eigenvalue weighted by Gasteiger charge is 2.28. The molecule has 1 N–H and O–H groups in total. The SMILES string of the molecule is CCOC(=O)N(NC(=O)c1cccc(C(=O)N2CCC(OC)CC2)c1)C(=O)c1ccsc1. The Morgan fingerprint density at radius 2 is 1.84 bits per heavy atom. The molecule has 10 heteroatoms. The van der Waals surface area contributed by atoms with Crippen molar-refractivity contribution in [3.63, 3.8) is 0 Å². The van der Waals surface area contributed by atoms with Crippen molar-refractivity contribution in [3.8, 4) is 0 Å². The molecule has 0 unspecified atom stereocenters. The van der Waals surface area contributed by atoms with Gasteiger partial charge in [0.1, 0.15) is 0 Å². The van der Waals surface area contributed by atoms with E-state index in [0.717, 1.165) is 12.8 Å². The van der Waals surface area contributed by atoms with Crippen molar-refractivity contribution in [3.05, 3.63) is 57.8 Å². The summed E-state index contributed by atoms with van der Waals surface area (Å²) in [5, 5.41) is 3.79. The van der Waals surface area contributed by atoms with Crippen molar-refractivity contribution in [1.82, 2.24) is 15.3 Å². The summed E-state index contributed by atoms with van der Waals surface area (Å²) < 4.78 is 10.2. The third kappa shape index (κ3) is 5.51. The molecule has 2 heterocycles. The Morgan fingerprint density at radius 1 is 1.12 bits per heavy atom. The van der Waals surface area contributed by atoms with Gasteiger partial charge in [0.25, 0.3) is 17.7 Å². The smallest absolute Gasteiger partial charge is 0.436 e. The zero-order valence-corrected chi connectivity index (χ0v) is 18.7. The van der Waals surface area contributed by atoms with Crippen LogP contribution in [0, 0.1) is 0 Å². The van der Waals surface area contributed by atoms with E-state index in [1.165, 1.54) is 29.5 Å². The van der Waals surface area contributed by atoms with E-state index in [1.54, 1.807) is 41.8 Å². The van der Waals surface area contributed by atoms with E-state index in [0.29, 0.717) is 23.7 Å². The maximum absolute atomic E-state index is 12.9. The Morgan fingerprint density at radius 3 is 2.47 bits per heavy atom. The molecule has 1 fully saturated rings. The number of amides is 4. The molecule has 1 aliphatic heterocycles. The van der Waals surface area contributed by atoms with Gasteiger partial charge in [-0.1, -0.05) is 6.07 Å². The summed E-state index contributed by atoms with van der Waals surface area (Å²) in [6, 6.07) is 7.69. The molecule has 1 saturated heterocycles. The number of rotatable bonds is 5. The van der Waals surface area contributed by atoms with E-state index in [9.17, 15) is 19.2 Å². The number of carbonyl (C=O) groups is 4. The zero-order chi connectivity index (χ0) is 23.1. The number of nitrogens with one attached hydrogen (secondary N) is 1. The predicted octanol–water partition coefficient (Wildman–Crippen LogP) is 2.94. The summed E-state index contributed by atoms with van der Waals surface area (Å²) in [7, 11) is 1.66. The zero-order valence-electron chi connectivity index (χ0n) is 17.9. The van der Waals surface area contributed by atoms with E-state index >= 15 is 0 Å². The van der Waals surface area contributed by atoms with Crippen molar-refractivity contribution in [1.29, 1.82) is 0 Å². The Bertz CT molecular complexity index is 970. The minimum atomic E-state index is -0.995. The first kappa shape index (κ1) is 23.4. The van der Waals surface area contributed by atoms with Crippen LogP contribution in [0.4, 0.5) is 4.79 Å². The molecule has 0 bridgehead atoms. The van der Waals surface area contributed by atoms with Crippen LogP contribution in [0.15, 0.2) is 41.1 Å². The number of carbonyl (C=O) groups excluding carboxylic acids is 4. The normalized spacial score (nSPS) is 14.0. The van der Waals surface area contributed by atoms with E-state index in [2.05, 4.69) is 5.43 Å². The Labute approximate surface area is 189 Å². The second-order valence-corrected chi connectivity index (χ2v) is 7.88. The third-order valence-electron chi connectivity index (χ3n) is 5.07. The van der Waals surface area contributed by atoms with Crippen molar-refractivity contribution in [2.75, 3.05) is 26.8 Å². The number of benzene rings is 1. The van der Waals surface area contributed by atoms with Gasteiger partial charge in [-0.05, 0) is 49.4 Å². The van der Waals surface area contributed by atoms with Crippen LogP contribution < -0.4 is 5.43 Å². The average molecular weight is 460 g/mol. The average Bonchev–Trinajstić information content (AvgIpc) is 3.37. The predicted molar refractivity (Wildman–Crippen MR) is 117 cm³/mol. The van der Waals surface area contributed by atoms with Gasteiger partial charge in [0.05, 0.1) is 18.3 Å². The summed E-state index contributed by atoms with van der Waals surface area (Å²) in [6.07, 6.45) is 0.652. The lowest BCUT2D eigenvalue weighted by atomic mass is 10.0. The Kier molecular flexibility index (Phi) is 7.96. The molecule has 0 radical (unpaired) electrons. The van der Waals surface area contributed by atoms with Gasteiger partial charge in [0.2, 0.25) is 0 Å². The van der Waals surface area contributed by atoms with Crippen LogP contribution in [-0.2, 0) is 9.47 Å². The molecule has 0 aliphatic carbocycles. The molecule has 1 aliphatic rings. The second kappa shape index (κ2) is 10.9. The van der Waals surface area contributed by atoms with Crippen LogP contribution in [0.1, 0.15) is 50.8 Å². The fraction of sp³-hybridized carbons (Fsp3) is 0.364. The number of hydrazine groups is 1. The third-order valence-corrected chi connectivity index (χ3v) is 5.75. The highest BCUT2D eigenvalue weighted by molar-refractivity contribution is 7.08. The topological polar surface area (TPSA) is 105 Å². The van der Waals surface area contributed by atoms with Crippen LogP contribution in [0.2, 0.25) is 0 Å². The molecular formula is C22H25N3O6S. The summed E-state index contributed by atoms with van der Waals surface area (Å²) in [5.74, 6) is -1.62. The van der Waals surface area contributed by atoms with Crippen molar-refractivity contribution in [2.45, 2.75) is 25.9 Å². The van der Waals surface area contributed by atoms with Crippen molar-refractivity contribution in [2.24, 2.45) is 0 Å². The summed E-state index contributed by atoms with van der Waals surface area (Å²) >= 11 is 1.28. The molecule has 32 heavy (non-hydrogen) atoms. The molecule has 1 aromatic carbocycles. The van der Waals surface area contributed by atoms with Gasteiger partial charge in [-0.2, -0.15) is 11.3 Å². The summed E-state index contributed by atoms with van der Waals surface area (Å²) in [5.41, 5.74) is 3.02. The molecule has 0 saturated carbocycles. The summed E-state index contributed by atoms with van der Waals surface area (Å²) in [4.78, 5) is 52.4. The highest BCUT2D eigenvalue weighted by atomic mass is 32.1. The quantitative estimate of drug-likeness (QED) is 0.690. The van der Waals surface area contributed by atoms with Crippen molar-refractivity contribution >= 4 is 35.2 Å². The monoisotopic (exact) mass is 459 g/mol. The van der Waals surface area contributed by atoms with Crippen LogP contribution in [0.3, 0.4) is 0 Å². The van der Waals surface area contributed by atoms with E-state index < -0.39 is 17.9 Å². The van der Waals surface area contributed by atoms with E-state index in [4.69, 9.17) is 9.47 Å². The van der Waals surface area contributed by atoms with Gasteiger partial charge in [-0.15, -0.1) is 5.01 Å². The fourth-order valence-electron chi connectivity index (χ4n) is 3.32. The number of piperidine rings is 1. The number of likely N-dealkylation sites (tertiary alicyclic amines) is 1. The lowest BCUT2D eigenvalue weighted by Gasteiger charge is -2.31. The van der Waals surface area contributed by atoms with E-state index in [-0.39, 0.29) is 29.7 Å². The standard InChI is InChI=1S/C22H25N3O6S/c1-3-31-22(29)25(21(28)17-9-12-32-14-17)23-19(26)15-5-4-6-16(13-15)20(27)24-10-7-18(30-2)8-11-24/h4-6,9,12-14,18H,3,7-8,10-11H2,1-2H3,(H,23,26). The van der Waals surface area contributed by atoms with Gasteiger partial charge in [-0.25, -0.2) is 4.79 Å². The van der Waals surface area contributed by atoms with Crippen LogP contribution >= 0.6 is 11.3 Å². The number of nitrogens with zero attached hydrogens (tertiary/aromatic N) is 2. The molecule has 4 amide bonds. The molecule has 0 spiro atoms. The van der Waals surface area contributed by atoms with Gasteiger partial charge in [0.15, 0.2) is 0 Å². The number of imide groups is 1. The van der Waals surface area contributed by atoms with Crippen LogP contribution in [-0.4, -0.2) is 66.6 Å². The summed E-state index contributed by atoms with van der Waals surface area (Å²) in [6.45, 7) is 2.77. The fourth-order valence-corrected chi connectivity index (χ4v) is 3.95. The molecule has 9 nitrogen and oxygen atoms in total. The van der Waals surface area contributed by atoms with E-state index in [1.807, 2.05) is 0 Å². The largest absolute Gasteiger partial charge is 0.448 e. The van der Waals surface area contributed by atoms with Crippen LogP contribution in [0.25, 0.3) is 0 Å². The molecular weight excluding hydrogens is 434 g/mol. The Balaban J connectivity index is 1.74. The first-order valence-corrected chi connectivity index (χ1v) is 11.1. The van der Waals surface area contributed by atoms with Gasteiger partial charge in [0, 0.05) is 36.7 Å². The maximum Gasteiger partial charge on any atom is 0.436 e. The number of hydrogen-bond donors (Lipinski definition) is 1. The highest BCUT2D eigenvalue weighted by Crippen LogP contribution is 2.17. The first-order chi connectivity index (χ1) is 15.4. The maximum atomic E-state index is 12.9. The van der Waals surface area contributed by atoms with Gasteiger partial charge >= 0.3 is 6.09 Å². The Hall–Kier alpha value is -3.24. The first-order valence-electron chi connectivity index (χ1n) is 10.2.